The van der Waals surface area contributed by atoms with Gasteiger partial charge in [-0.2, -0.15) is 14.5 Å². The smallest absolute Gasteiger partial charge is 0.273 e. The molecule has 124 valence electrons. The van der Waals surface area contributed by atoms with Crippen LogP contribution in [0.15, 0.2) is 29.4 Å². The van der Waals surface area contributed by atoms with Gasteiger partial charge < -0.3 is 4.74 Å². The highest BCUT2D eigenvalue weighted by atomic mass is 32.1. The predicted octanol–water partition coefficient (Wildman–Crippen LogP) is 1.76. The van der Waals surface area contributed by atoms with Crippen LogP contribution in [0, 0.1) is 0 Å². The number of hydrogen-bond donors (Lipinski definition) is 1. The van der Waals surface area contributed by atoms with E-state index in [9.17, 15) is 9.59 Å². The first-order valence-electron chi connectivity index (χ1n) is 7.20. The molecule has 0 aliphatic carbocycles. The van der Waals surface area contributed by atoms with Gasteiger partial charge in [-0.05, 0) is 24.3 Å². The highest BCUT2D eigenvalue weighted by molar-refractivity contribution is 7.10. The van der Waals surface area contributed by atoms with Crippen molar-refractivity contribution in [3.05, 3.63) is 24.3 Å². The lowest BCUT2D eigenvalue weighted by molar-refractivity contribution is -0.130. The van der Waals surface area contributed by atoms with Crippen LogP contribution in [-0.4, -0.2) is 46.0 Å². The van der Waals surface area contributed by atoms with Crippen molar-refractivity contribution in [3.8, 4) is 17.1 Å². The summed E-state index contributed by atoms with van der Waals surface area (Å²) in [5.41, 5.74) is 1.13. The van der Waals surface area contributed by atoms with Crippen molar-refractivity contribution in [1.82, 2.24) is 14.4 Å². The lowest BCUT2D eigenvalue weighted by Crippen LogP contribution is -2.34. The van der Waals surface area contributed by atoms with Crippen LogP contribution in [0.5, 0.6) is 5.75 Å². The van der Waals surface area contributed by atoms with Gasteiger partial charge in [0.2, 0.25) is 11.0 Å². The van der Waals surface area contributed by atoms with Gasteiger partial charge in [-0.15, -0.1) is 0 Å². The van der Waals surface area contributed by atoms with Gasteiger partial charge in [-0.1, -0.05) is 0 Å². The fraction of sp³-hybridized carbons (Fsp3) is 0.267. The molecule has 0 spiro atoms. The summed E-state index contributed by atoms with van der Waals surface area (Å²) in [5.74, 6) is 0.795. The quantitative estimate of drug-likeness (QED) is 0.911. The number of nitrogens with zero attached hydrogens (tertiary/aromatic N) is 4. The van der Waals surface area contributed by atoms with E-state index in [1.54, 1.807) is 7.11 Å². The van der Waals surface area contributed by atoms with Gasteiger partial charge in [-0.3, -0.25) is 14.9 Å². The maximum Gasteiger partial charge on any atom is 0.273 e. The molecule has 0 atom stereocenters. The Labute approximate surface area is 142 Å². The Balaban J connectivity index is 1.70. The fourth-order valence-corrected chi connectivity index (χ4v) is 2.72. The van der Waals surface area contributed by atoms with Gasteiger partial charge >= 0.3 is 0 Å². The number of anilines is 1. The Bertz CT molecular complexity index is 800. The molecule has 0 saturated heterocycles. The molecular weight excluding hydrogens is 330 g/mol. The molecule has 9 heteroatoms. The first kappa shape index (κ1) is 16.1. The lowest BCUT2D eigenvalue weighted by Gasteiger charge is -2.18. The monoisotopic (exact) mass is 345 g/mol. The third kappa shape index (κ3) is 3.40. The van der Waals surface area contributed by atoms with Crippen molar-refractivity contribution >= 4 is 34.2 Å². The minimum atomic E-state index is -0.369. The molecule has 24 heavy (non-hydrogen) atoms. The number of carbonyl (C=O) groups excluding carboxylic acids is 2. The minimum absolute atomic E-state index is 0.107. The largest absolute Gasteiger partial charge is 0.497 e. The number of benzene rings is 1. The number of rotatable bonds is 4. The van der Waals surface area contributed by atoms with Crippen LogP contribution >= 0.6 is 11.5 Å². The molecule has 1 aliphatic heterocycles. The minimum Gasteiger partial charge on any atom is -0.497 e. The number of carbonyl (C=O) groups is 2. The van der Waals surface area contributed by atoms with E-state index in [0.29, 0.717) is 23.1 Å². The van der Waals surface area contributed by atoms with Crippen molar-refractivity contribution < 1.29 is 14.3 Å². The number of amides is 2. The molecule has 2 heterocycles. The molecule has 1 aliphatic rings. The summed E-state index contributed by atoms with van der Waals surface area (Å²) in [5, 5.41) is 8.21. The summed E-state index contributed by atoms with van der Waals surface area (Å²) in [6.07, 6.45) is 0.592. The van der Waals surface area contributed by atoms with Gasteiger partial charge in [0, 0.05) is 37.0 Å². The first-order valence-corrected chi connectivity index (χ1v) is 7.97. The van der Waals surface area contributed by atoms with E-state index in [0.717, 1.165) is 22.8 Å². The summed E-state index contributed by atoms with van der Waals surface area (Å²) < 4.78 is 9.35. The molecule has 0 radical (unpaired) electrons. The zero-order chi connectivity index (χ0) is 17.1. The highest BCUT2D eigenvalue weighted by Crippen LogP contribution is 2.23. The molecule has 0 fully saturated rings. The standard InChI is InChI=1S/C15H15N5O3S/c1-20-12(21)8-7-11(18-20)14(22)17-15-16-13(19-24-15)9-3-5-10(23-2)6-4-9/h3-6H,7-8H2,1-2H3,(H,16,17,19,22). The molecule has 2 aromatic rings. The summed E-state index contributed by atoms with van der Waals surface area (Å²) in [6, 6.07) is 7.33. The predicted molar refractivity (Wildman–Crippen MR) is 90.0 cm³/mol. The number of aromatic nitrogens is 2. The fourth-order valence-electron chi connectivity index (χ4n) is 2.13. The topological polar surface area (TPSA) is 96.8 Å². The maximum absolute atomic E-state index is 12.2. The van der Waals surface area contributed by atoms with Crippen molar-refractivity contribution in [3.63, 3.8) is 0 Å². The van der Waals surface area contributed by atoms with Gasteiger partial charge in [0.25, 0.3) is 5.91 Å². The van der Waals surface area contributed by atoms with E-state index in [4.69, 9.17) is 4.74 Å². The van der Waals surface area contributed by atoms with Gasteiger partial charge in [0.15, 0.2) is 5.82 Å². The molecular formula is C15H15N5O3S. The Morgan fingerprint density at radius 1 is 1.29 bits per heavy atom. The van der Waals surface area contributed by atoms with Gasteiger partial charge in [0.1, 0.15) is 11.5 Å². The molecule has 0 saturated carbocycles. The lowest BCUT2D eigenvalue weighted by atomic mass is 10.1. The molecule has 2 amide bonds. The van der Waals surface area contributed by atoms with Crippen molar-refractivity contribution in [2.75, 3.05) is 19.5 Å². The van der Waals surface area contributed by atoms with E-state index in [2.05, 4.69) is 19.8 Å². The Kier molecular flexibility index (Phi) is 4.52. The van der Waals surface area contributed by atoms with Crippen LogP contribution in [-0.2, 0) is 9.59 Å². The van der Waals surface area contributed by atoms with Crippen LogP contribution in [0.25, 0.3) is 11.4 Å². The number of nitrogens with one attached hydrogen (secondary N) is 1. The Morgan fingerprint density at radius 3 is 2.71 bits per heavy atom. The molecule has 1 N–H and O–H groups in total. The van der Waals surface area contributed by atoms with Crippen LogP contribution in [0.2, 0.25) is 0 Å². The molecule has 0 unspecified atom stereocenters. The van der Waals surface area contributed by atoms with E-state index < -0.39 is 0 Å². The van der Waals surface area contributed by atoms with E-state index in [1.807, 2.05) is 24.3 Å². The molecule has 1 aromatic carbocycles. The Hall–Kier alpha value is -2.81. The number of ether oxygens (including phenoxy) is 1. The molecule has 8 nitrogen and oxygen atoms in total. The zero-order valence-corrected chi connectivity index (χ0v) is 14.0. The second-order valence-electron chi connectivity index (χ2n) is 5.07. The summed E-state index contributed by atoms with van der Waals surface area (Å²) >= 11 is 1.09. The summed E-state index contributed by atoms with van der Waals surface area (Å²) in [4.78, 5) is 27.9. The number of methoxy groups -OCH3 is 1. The van der Waals surface area contributed by atoms with Crippen LogP contribution < -0.4 is 10.1 Å². The third-order valence-electron chi connectivity index (χ3n) is 3.46. The zero-order valence-electron chi connectivity index (χ0n) is 13.1. The number of hydrazone groups is 1. The average molecular weight is 345 g/mol. The third-order valence-corrected chi connectivity index (χ3v) is 4.09. The summed E-state index contributed by atoms with van der Waals surface area (Å²) in [6.45, 7) is 0. The van der Waals surface area contributed by atoms with Crippen LogP contribution in [0.1, 0.15) is 12.8 Å². The molecule has 0 bridgehead atoms. The molecule has 1 aromatic heterocycles. The van der Waals surface area contributed by atoms with Crippen LogP contribution in [0.3, 0.4) is 0 Å². The maximum atomic E-state index is 12.2. The second-order valence-corrected chi connectivity index (χ2v) is 5.82. The normalized spacial score (nSPS) is 14.3. The highest BCUT2D eigenvalue weighted by Gasteiger charge is 2.22. The van der Waals surface area contributed by atoms with Crippen molar-refractivity contribution in [2.24, 2.45) is 5.10 Å². The second kappa shape index (κ2) is 6.75. The van der Waals surface area contributed by atoms with Crippen molar-refractivity contribution in [1.29, 1.82) is 0 Å². The van der Waals surface area contributed by atoms with Crippen molar-refractivity contribution in [2.45, 2.75) is 12.8 Å². The Morgan fingerprint density at radius 2 is 2.04 bits per heavy atom. The SMILES string of the molecule is COc1ccc(-c2nsc(NC(=O)C3=NN(C)C(=O)CC3)n2)cc1. The first-order chi connectivity index (χ1) is 11.6. The van der Waals surface area contributed by atoms with Crippen LogP contribution in [0.4, 0.5) is 5.13 Å². The summed E-state index contributed by atoms with van der Waals surface area (Å²) in [7, 11) is 3.13. The number of hydrogen-bond acceptors (Lipinski definition) is 7. The molecule has 3 rings (SSSR count). The van der Waals surface area contributed by atoms with Gasteiger partial charge in [0.05, 0.1) is 7.11 Å². The van der Waals surface area contributed by atoms with E-state index in [1.165, 1.54) is 12.1 Å². The average Bonchev–Trinajstić information content (AvgIpc) is 3.06. The van der Waals surface area contributed by atoms with E-state index >= 15 is 0 Å². The van der Waals surface area contributed by atoms with E-state index in [-0.39, 0.29) is 18.2 Å². The van der Waals surface area contributed by atoms with Gasteiger partial charge in [-0.25, -0.2) is 5.01 Å².